The second-order valence-corrected chi connectivity index (χ2v) is 5.67. The van der Waals surface area contributed by atoms with Crippen LogP contribution in [0, 0.1) is 10.1 Å². The molecule has 9 heteroatoms. The van der Waals surface area contributed by atoms with Crippen LogP contribution in [0.15, 0.2) is 42.5 Å². The standard InChI is InChI=1S/C18H19N5O4/c1-3-27-14-9-6-12(10-15(14)26-2)16(19)18-20-17(21-22-18)11-4-7-13(8-5-11)23(24)25/h4-10,16H,3,19H2,1-2H3,(H,20,21,22). The zero-order chi connectivity index (χ0) is 19.4. The fraction of sp³-hybridized carbons (Fsp3) is 0.222. The van der Waals surface area contributed by atoms with Crippen LogP contribution in [-0.4, -0.2) is 33.8 Å². The lowest BCUT2D eigenvalue weighted by atomic mass is 10.1. The predicted molar refractivity (Wildman–Crippen MR) is 98.7 cm³/mol. The van der Waals surface area contributed by atoms with Gasteiger partial charge in [0.05, 0.1) is 24.7 Å². The Morgan fingerprint density at radius 1 is 1.22 bits per heavy atom. The number of H-pyrrole nitrogens is 1. The van der Waals surface area contributed by atoms with Gasteiger partial charge in [-0.2, -0.15) is 5.10 Å². The summed E-state index contributed by atoms with van der Waals surface area (Å²) < 4.78 is 10.9. The van der Waals surface area contributed by atoms with Gasteiger partial charge in [-0.25, -0.2) is 4.98 Å². The molecule has 0 fully saturated rings. The molecule has 0 amide bonds. The summed E-state index contributed by atoms with van der Waals surface area (Å²) >= 11 is 0. The van der Waals surface area contributed by atoms with Crippen LogP contribution in [0.4, 0.5) is 5.69 Å². The Morgan fingerprint density at radius 2 is 1.96 bits per heavy atom. The molecule has 0 aliphatic heterocycles. The summed E-state index contributed by atoms with van der Waals surface area (Å²) in [6.07, 6.45) is 0. The average molecular weight is 369 g/mol. The van der Waals surface area contributed by atoms with Crippen molar-refractivity contribution in [2.45, 2.75) is 13.0 Å². The number of nitrogens with one attached hydrogen (secondary N) is 1. The minimum atomic E-state index is -0.547. The molecule has 27 heavy (non-hydrogen) atoms. The van der Waals surface area contributed by atoms with Gasteiger partial charge in [0.15, 0.2) is 17.3 Å². The van der Waals surface area contributed by atoms with Crippen molar-refractivity contribution in [2.24, 2.45) is 5.73 Å². The molecule has 3 rings (SSSR count). The minimum Gasteiger partial charge on any atom is -0.493 e. The smallest absolute Gasteiger partial charge is 0.269 e. The summed E-state index contributed by atoms with van der Waals surface area (Å²) in [6.45, 7) is 2.43. The maximum atomic E-state index is 10.7. The molecule has 0 saturated heterocycles. The topological polar surface area (TPSA) is 129 Å². The molecular formula is C18H19N5O4. The van der Waals surface area contributed by atoms with Crippen molar-refractivity contribution < 1.29 is 14.4 Å². The van der Waals surface area contributed by atoms with Crippen molar-refractivity contribution in [3.63, 3.8) is 0 Å². The van der Waals surface area contributed by atoms with E-state index < -0.39 is 11.0 Å². The third-order valence-corrected chi connectivity index (χ3v) is 3.98. The fourth-order valence-electron chi connectivity index (χ4n) is 2.58. The molecule has 1 atom stereocenters. The van der Waals surface area contributed by atoms with Crippen LogP contribution in [0.3, 0.4) is 0 Å². The highest BCUT2D eigenvalue weighted by molar-refractivity contribution is 5.57. The Kier molecular flexibility index (Phi) is 5.32. The van der Waals surface area contributed by atoms with E-state index in [9.17, 15) is 10.1 Å². The number of rotatable bonds is 7. The molecule has 1 aromatic heterocycles. The molecule has 3 aromatic rings. The lowest BCUT2D eigenvalue weighted by molar-refractivity contribution is -0.384. The van der Waals surface area contributed by atoms with E-state index in [1.165, 1.54) is 12.1 Å². The maximum Gasteiger partial charge on any atom is 0.269 e. The molecular weight excluding hydrogens is 350 g/mol. The first kappa shape index (κ1) is 18.3. The number of benzene rings is 2. The lowest BCUT2D eigenvalue weighted by Crippen LogP contribution is -2.14. The van der Waals surface area contributed by atoms with E-state index in [2.05, 4.69) is 15.2 Å². The predicted octanol–water partition coefficient (Wildman–Crippen LogP) is 2.84. The van der Waals surface area contributed by atoms with E-state index in [4.69, 9.17) is 15.2 Å². The van der Waals surface area contributed by atoms with E-state index in [1.807, 2.05) is 13.0 Å². The number of nitrogens with zero attached hydrogens (tertiary/aromatic N) is 3. The fourth-order valence-corrected chi connectivity index (χ4v) is 2.58. The van der Waals surface area contributed by atoms with Gasteiger partial charge >= 0.3 is 0 Å². The number of non-ortho nitro benzene ring substituents is 1. The highest BCUT2D eigenvalue weighted by atomic mass is 16.6. The molecule has 0 spiro atoms. The van der Waals surface area contributed by atoms with E-state index in [1.54, 1.807) is 31.4 Å². The first-order valence-electron chi connectivity index (χ1n) is 8.27. The zero-order valence-corrected chi connectivity index (χ0v) is 14.9. The van der Waals surface area contributed by atoms with Gasteiger partial charge in [0, 0.05) is 17.7 Å². The number of hydrogen-bond donors (Lipinski definition) is 2. The molecule has 140 valence electrons. The number of aromatic amines is 1. The summed E-state index contributed by atoms with van der Waals surface area (Å²) in [5, 5.41) is 17.7. The summed E-state index contributed by atoms with van der Waals surface area (Å²) in [7, 11) is 1.56. The maximum absolute atomic E-state index is 10.7. The average Bonchev–Trinajstić information content (AvgIpc) is 3.18. The van der Waals surface area contributed by atoms with Crippen LogP contribution in [0.1, 0.15) is 24.4 Å². The number of nitro benzene ring substituents is 1. The SMILES string of the molecule is CCOc1ccc(C(N)c2nc(-c3ccc([N+](=O)[O-])cc3)n[nH]2)cc1OC. The molecule has 0 aliphatic rings. The number of ether oxygens (including phenoxy) is 2. The van der Waals surface area contributed by atoms with E-state index >= 15 is 0 Å². The monoisotopic (exact) mass is 369 g/mol. The largest absolute Gasteiger partial charge is 0.493 e. The van der Waals surface area contributed by atoms with Crippen molar-refractivity contribution in [2.75, 3.05) is 13.7 Å². The normalized spacial score (nSPS) is 11.8. The van der Waals surface area contributed by atoms with E-state index in [0.29, 0.717) is 35.3 Å². The molecule has 9 nitrogen and oxygen atoms in total. The van der Waals surface area contributed by atoms with Crippen LogP contribution < -0.4 is 15.2 Å². The molecule has 2 aromatic carbocycles. The third kappa shape index (κ3) is 3.87. The highest BCUT2D eigenvalue weighted by Gasteiger charge is 2.17. The van der Waals surface area contributed by atoms with Crippen LogP contribution in [0.5, 0.6) is 11.5 Å². The molecule has 0 bridgehead atoms. The van der Waals surface area contributed by atoms with Gasteiger partial charge < -0.3 is 15.2 Å². The van der Waals surface area contributed by atoms with Gasteiger partial charge in [-0.3, -0.25) is 15.2 Å². The summed E-state index contributed by atoms with van der Waals surface area (Å²) in [4.78, 5) is 14.7. The van der Waals surface area contributed by atoms with Gasteiger partial charge in [-0.1, -0.05) is 6.07 Å². The van der Waals surface area contributed by atoms with Crippen LogP contribution in [0.25, 0.3) is 11.4 Å². The Hall–Kier alpha value is -3.46. The van der Waals surface area contributed by atoms with Crippen LogP contribution >= 0.6 is 0 Å². The van der Waals surface area contributed by atoms with Crippen molar-refractivity contribution in [3.05, 3.63) is 64.0 Å². The molecule has 0 aliphatic carbocycles. The lowest BCUT2D eigenvalue weighted by Gasteiger charge is -2.13. The minimum absolute atomic E-state index is 0.00712. The summed E-state index contributed by atoms with van der Waals surface area (Å²) in [5.41, 5.74) is 7.74. The number of nitrogens with two attached hydrogens (primary N) is 1. The first-order valence-corrected chi connectivity index (χ1v) is 8.27. The second kappa shape index (κ2) is 7.83. The van der Waals surface area contributed by atoms with Gasteiger partial charge in [0.25, 0.3) is 5.69 Å². The Bertz CT molecular complexity index is 939. The molecule has 0 saturated carbocycles. The van der Waals surface area contributed by atoms with Crippen molar-refractivity contribution >= 4 is 5.69 Å². The molecule has 1 unspecified atom stereocenters. The third-order valence-electron chi connectivity index (χ3n) is 3.98. The van der Waals surface area contributed by atoms with Crippen LogP contribution in [0.2, 0.25) is 0 Å². The number of aromatic nitrogens is 3. The second-order valence-electron chi connectivity index (χ2n) is 5.67. The van der Waals surface area contributed by atoms with Crippen molar-refractivity contribution in [1.82, 2.24) is 15.2 Å². The van der Waals surface area contributed by atoms with E-state index in [0.717, 1.165) is 5.56 Å². The summed E-state index contributed by atoms with van der Waals surface area (Å²) in [6, 6.07) is 10.9. The van der Waals surface area contributed by atoms with Crippen molar-refractivity contribution in [1.29, 1.82) is 0 Å². The molecule has 3 N–H and O–H groups in total. The van der Waals surface area contributed by atoms with Gasteiger partial charge in [0.2, 0.25) is 0 Å². The number of methoxy groups -OCH3 is 1. The Balaban J connectivity index is 1.84. The molecule has 1 heterocycles. The Labute approximate surface area is 155 Å². The summed E-state index contributed by atoms with van der Waals surface area (Å²) in [5.74, 6) is 2.10. The van der Waals surface area contributed by atoms with Gasteiger partial charge in [0.1, 0.15) is 5.82 Å². The molecule has 0 radical (unpaired) electrons. The number of nitro groups is 1. The van der Waals surface area contributed by atoms with Crippen molar-refractivity contribution in [3.8, 4) is 22.9 Å². The zero-order valence-electron chi connectivity index (χ0n) is 14.9. The van der Waals surface area contributed by atoms with E-state index in [-0.39, 0.29) is 5.69 Å². The first-order chi connectivity index (χ1) is 13.0. The van der Waals surface area contributed by atoms with Crippen LogP contribution in [-0.2, 0) is 0 Å². The number of hydrogen-bond acceptors (Lipinski definition) is 7. The highest BCUT2D eigenvalue weighted by Crippen LogP contribution is 2.31. The quantitative estimate of drug-likeness (QED) is 0.484. The Morgan fingerprint density at radius 3 is 2.59 bits per heavy atom. The van der Waals surface area contributed by atoms with Gasteiger partial charge in [-0.05, 0) is 36.8 Å². The van der Waals surface area contributed by atoms with Gasteiger partial charge in [-0.15, -0.1) is 0 Å².